The molecule has 1 aromatic heterocycles. The number of hydrogen-bond acceptors (Lipinski definition) is 3. The van der Waals surface area contributed by atoms with Crippen molar-refractivity contribution in [3.8, 4) is 11.9 Å². The molecule has 3 heteroatoms. The summed E-state index contributed by atoms with van der Waals surface area (Å²) >= 11 is 0. The number of hydrogen-bond donors (Lipinski definition) is 0. The Bertz CT molecular complexity index is 353. The van der Waals surface area contributed by atoms with E-state index in [2.05, 4.69) is 11.1 Å². The number of nitriles is 1. The summed E-state index contributed by atoms with van der Waals surface area (Å²) in [5, 5.41) is 8.68. The maximum atomic E-state index is 8.68. The van der Waals surface area contributed by atoms with E-state index in [1.54, 1.807) is 18.3 Å². The Morgan fingerprint density at radius 1 is 1.57 bits per heavy atom. The second-order valence-electron chi connectivity index (χ2n) is 3.71. The van der Waals surface area contributed by atoms with Crippen LogP contribution in [0.2, 0.25) is 0 Å². The molecular formula is C11H14N2O. The van der Waals surface area contributed by atoms with Gasteiger partial charge in [0.2, 0.25) is 5.88 Å². The number of ether oxygens (including phenoxy) is 1. The van der Waals surface area contributed by atoms with Gasteiger partial charge in [-0.1, -0.05) is 6.92 Å². The van der Waals surface area contributed by atoms with E-state index in [1.807, 2.05) is 20.8 Å². The summed E-state index contributed by atoms with van der Waals surface area (Å²) in [6.45, 7) is 6.04. The molecule has 0 aliphatic rings. The van der Waals surface area contributed by atoms with Crippen molar-refractivity contribution in [1.29, 1.82) is 5.26 Å². The average molecular weight is 190 g/mol. The SMILES string of the molecule is CCC(C)(C)Oc1cc(C#N)ccn1. The third-order valence-corrected chi connectivity index (χ3v) is 2.10. The van der Waals surface area contributed by atoms with Gasteiger partial charge in [0.15, 0.2) is 0 Å². The van der Waals surface area contributed by atoms with Gasteiger partial charge in [0.1, 0.15) is 5.60 Å². The number of nitrogens with zero attached hydrogens (tertiary/aromatic N) is 2. The second-order valence-corrected chi connectivity index (χ2v) is 3.71. The van der Waals surface area contributed by atoms with Gasteiger partial charge in [-0.05, 0) is 26.3 Å². The molecule has 1 aromatic rings. The van der Waals surface area contributed by atoms with Gasteiger partial charge in [-0.2, -0.15) is 5.26 Å². The molecule has 0 atom stereocenters. The van der Waals surface area contributed by atoms with Crippen LogP contribution < -0.4 is 4.74 Å². The van der Waals surface area contributed by atoms with Gasteiger partial charge in [-0.15, -0.1) is 0 Å². The molecule has 0 saturated heterocycles. The minimum Gasteiger partial charge on any atom is -0.472 e. The highest BCUT2D eigenvalue weighted by Crippen LogP contribution is 2.18. The van der Waals surface area contributed by atoms with Gasteiger partial charge in [-0.25, -0.2) is 4.98 Å². The van der Waals surface area contributed by atoms with Crippen LogP contribution in [0.5, 0.6) is 5.88 Å². The van der Waals surface area contributed by atoms with Gasteiger partial charge in [-0.3, -0.25) is 0 Å². The molecule has 14 heavy (non-hydrogen) atoms. The van der Waals surface area contributed by atoms with Crippen molar-refractivity contribution in [2.75, 3.05) is 0 Å². The molecule has 0 spiro atoms. The quantitative estimate of drug-likeness (QED) is 0.735. The first-order valence-corrected chi connectivity index (χ1v) is 4.62. The van der Waals surface area contributed by atoms with E-state index < -0.39 is 0 Å². The minimum atomic E-state index is -0.235. The molecule has 0 bridgehead atoms. The van der Waals surface area contributed by atoms with Crippen LogP contribution in [0.4, 0.5) is 0 Å². The van der Waals surface area contributed by atoms with Crippen molar-refractivity contribution in [2.45, 2.75) is 32.8 Å². The summed E-state index contributed by atoms with van der Waals surface area (Å²) in [6.07, 6.45) is 2.48. The Balaban J connectivity index is 2.83. The highest BCUT2D eigenvalue weighted by atomic mass is 16.5. The van der Waals surface area contributed by atoms with Crippen LogP contribution in [0.3, 0.4) is 0 Å². The molecule has 0 aromatic carbocycles. The summed E-state index contributed by atoms with van der Waals surface area (Å²) in [5.41, 5.74) is 0.336. The van der Waals surface area contributed by atoms with E-state index >= 15 is 0 Å². The standard InChI is InChI=1S/C11H14N2O/c1-4-11(2,3)14-10-7-9(8-12)5-6-13-10/h5-7H,4H2,1-3H3. The van der Waals surface area contributed by atoms with Crippen molar-refractivity contribution in [1.82, 2.24) is 4.98 Å². The lowest BCUT2D eigenvalue weighted by Gasteiger charge is -2.23. The van der Waals surface area contributed by atoms with Gasteiger partial charge < -0.3 is 4.74 Å². The van der Waals surface area contributed by atoms with E-state index in [0.29, 0.717) is 11.4 Å². The normalized spacial score (nSPS) is 10.7. The highest BCUT2D eigenvalue weighted by molar-refractivity contribution is 5.31. The Morgan fingerprint density at radius 3 is 2.86 bits per heavy atom. The molecule has 0 aliphatic carbocycles. The zero-order chi connectivity index (χ0) is 10.6. The minimum absolute atomic E-state index is 0.235. The lowest BCUT2D eigenvalue weighted by Crippen LogP contribution is -2.27. The van der Waals surface area contributed by atoms with Gasteiger partial charge in [0.25, 0.3) is 0 Å². The first-order chi connectivity index (χ1) is 6.57. The van der Waals surface area contributed by atoms with E-state index in [9.17, 15) is 0 Å². The molecule has 0 fully saturated rings. The van der Waals surface area contributed by atoms with E-state index in [-0.39, 0.29) is 5.60 Å². The molecular weight excluding hydrogens is 176 g/mol. The third kappa shape index (κ3) is 2.74. The highest BCUT2D eigenvalue weighted by Gasteiger charge is 2.17. The molecule has 0 unspecified atom stereocenters. The fourth-order valence-electron chi connectivity index (χ4n) is 0.890. The summed E-state index contributed by atoms with van der Waals surface area (Å²) < 4.78 is 5.63. The van der Waals surface area contributed by atoms with E-state index in [0.717, 1.165) is 6.42 Å². The number of rotatable bonds is 3. The maximum Gasteiger partial charge on any atom is 0.215 e. The zero-order valence-corrected chi connectivity index (χ0v) is 8.74. The smallest absolute Gasteiger partial charge is 0.215 e. The monoisotopic (exact) mass is 190 g/mol. The number of pyridine rings is 1. The molecule has 0 radical (unpaired) electrons. The molecule has 3 nitrogen and oxygen atoms in total. The maximum absolute atomic E-state index is 8.68. The van der Waals surface area contributed by atoms with Crippen molar-refractivity contribution >= 4 is 0 Å². The lowest BCUT2D eigenvalue weighted by atomic mass is 10.1. The zero-order valence-electron chi connectivity index (χ0n) is 8.74. The molecule has 1 rings (SSSR count). The summed E-state index contributed by atoms with van der Waals surface area (Å²) in [5.74, 6) is 0.510. The fraction of sp³-hybridized carbons (Fsp3) is 0.455. The van der Waals surface area contributed by atoms with Gasteiger partial charge in [0.05, 0.1) is 11.6 Å². The molecule has 0 saturated carbocycles. The van der Waals surface area contributed by atoms with Crippen LogP contribution in [0.15, 0.2) is 18.3 Å². The topological polar surface area (TPSA) is 45.9 Å². The Kier molecular flexibility index (Phi) is 3.08. The van der Waals surface area contributed by atoms with Gasteiger partial charge in [0, 0.05) is 12.3 Å². The molecule has 0 amide bonds. The van der Waals surface area contributed by atoms with Gasteiger partial charge >= 0.3 is 0 Å². The predicted octanol–water partition coefficient (Wildman–Crippen LogP) is 2.52. The molecule has 1 heterocycles. The largest absolute Gasteiger partial charge is 0.472 e. The van der Waals surface area contributed by atoms with Crippen LogP contribution >= 0.6 is 0 Å². The Morgan fingerprint density at radius 2 is 2.29 bits per heavy atom. The summed E-state index contributed by atoms with van der Waals surface area (Å²) in [4.78, 5) is 4.05. The van der Waals surface area contributed by atoms with Crippen molar-refractivity contribution in [2.24, 2.45) is 0 Å². The number of aromatic nitrogens is 1. The van der Waals surface area contributed by atoms with E-state index in [1.165, 1.54) is 0 Å². The molecule has 74 valence electrons. The van der Waals surface area contributed by atoms with Crippen LogP contribution in [0, 0.1) is 11.3 Å². The second kappa shape index (κ2) is 4.10. The van der Waals surface area contributed by atoms with Crippen molar-refractivity contribution < 1.29 is 4.74 Å². The Labute approximate surface area is 84.3 Å². The lowest BCUT2D eigenvalue weighted by molar-refractivity contribution is 0.0990. The van der Waals surface area contributed by atoms with Crippen LogP contribution in [0.25, 0.3) is 0 Å². The van der Waals surface area contributed by atoms with E-state index in [4.69, 9.17) is 10.00 Å². The Hall–Kier alpha value is -1.56. The molecule has 0 N–H and O–H groups in total. The fourth-order valence-corrected chi connectivity index (χ4v) is 0.890. The summed E-state index contributed by atoms with van der Waals surface area (Å²) in [7, 11) is 0. The first-order valence-electron chi connectivity index (χ1n) is 4.62. The third-order valence-electron chi connectivity index (χ3n) is 2.10. The van der Waals surface area contributed by atoms with Crippen molar-refractivity contribution in [3.63, 3.8) is 0 Å². The van der Waals surface area contributed by atoms with Crippen LogP contribution in [-0.2, 0) is 0 Å². The van der Waals surface area contributed by atoms with Crippen LogP contribution in [-0.4, -0.2) is 10.6 Å². The van der Waals surface area contributed by atoms with Crippen molar-refractivity contribution in [3.05, 3.63) is 23.9 Å². The summed E-state index contributed by atoms with van der Waals surface area (Å²) in [6, 6.07) is 5.36. The first kappa shape index (κ1) is 10.5. The predicted molar refractivity (Wildman–Crippen MR) is 54.0 cm³/mol. The average Bonchev–Trinajstić information content (AvgIpc) is 2.17. The molecule has 0 aliphatic heterocycles. The van der Waals surface area contributed by atoms with Crippen LogP contribution in [0.1, 0.15) is 32.8 Å².